The van der Waals surface area contributed by atoms with Gasteiger partial charge in [-0.3, -0.25) is 0 Å². The summed E-state index contributed by atoms with van der Waals surface area (Å²) in [7, 11) is 1.99. The standard InChI is InChI=1S/C23H24N4OS/c1-6-27(5)14-25-20-11-17(4)21(12-16(20)3)28-23-19(13-24)22(26-29-23)18-9-7-15(2)8-10-18/h7-12,14H,6H2,1-5H3. The lowest BCUT2D eigenvalue weighted by Gasteiger charge is -2.12. The average Bonchev–Trinajstić information content (AvgIpc) is 3.12. The Labute approximate surface area is 176 Å². The molecule has 29 heavy (non-hydrogen) atoms. The predicted molar refractivity (Wildman–Crippen MR) is 119 cm³/mol. The molecule has 0 aliphatic heterocycles. The molecule has 1 heterocycles. The summed E-state index contributed by atoms with van der Waals surface area (Å²) in [6.07, 6.45) is 1.83. The lowest BCUT2D eigenvalue weighted by Crippen LogP contribution is -2.14. The van der Waals surface area contributed by atoms with Crippen LogP contribution >= 0.6 is 11.5 Å². The van der Waals surface area contributed by atoms with Crippen LogP contribution in [0.2, 0.25) is 0 Å². The topological polar surface area (TPSA) is 61.5 Å². The zero-order valence-electron chi connectivity index (χ0n) is 17.4. The number of ether oxygens (including phenoxy) is 1. The summed E-state index contributed by atoms with van der Waals surface area (Å²) in [6.45, 7) is 8.98. The molecule has 2 aromatic carbocycles. The van der Waals surface area contributed by atoms with E-state index >= 15 is 0 Å². The van der Waals surface area contributed by atoms with Crippen LogP contribution in [-0.4, -0.2) is 29.2 Å². The van der Waals surface area contributed by atoms with Crippen molar-refractivity contribution >= 4 is 23.6 Å². The highest BCUT2D eigenvalue weighted by Gasteiger charge is 2.18. The van der Waals surface area contributed by atoms with Crippen molar-refractivity contribution in [3.63, 3.8) is 0 Å². The number of aliphatic imine (C=N–C) groups is 1. The SMILES string of the molecule is CCN(C)C=Nc1cc(C)c(Oc2snc(-c3ccc(C)cc3)c2C#N)cc1C. The smallest absolute Gasteiger partial charge is 0.218 e. The highest BCUT2D eigenvalue weighted by Crippen LogP contribution is 2.38. The summed E-state index contributed by atoms with van der Waals surface area (Å²) in [5.74, 6) is 0.709. The summed E-state index contributed by atoms with van der Waals surface area (Å²) < 4.78 is 10.6. The summed E-state index contributed by atoms with van der Waals surface area (Å²) >= 11 is 1.20. The molecule has 6 heteroatoms. The molecule has 0 spiro atoms. The van der Waals surface area contributed by atoms with Gasteiger partial charge in [0.05, 0.1) is 12.0 Å². The number of hydrogen-bond acceptors (Lipinski definition) is 5. The monoisotopic (exact) mass is 404 g/mol. The second-order valence-corrected chi connectivity index (χ2v) is 7.73. The summed E-state index contributed by atoms with van der Waals surface area (Å²) in [5.41, 5.74) is 6.06. The molecule has 0 fully saturated rings. The first-order valence-electron chi connectivity index (χ1n) is 9.43. The number of aryl methyl sites for hydroxylation is 3. The van der Waals surface area contributed by atoms with Crippen molar-refractivity contribution in [2.45, 2.75) is 27.7 Å². The van der Waals surface area contributed by atoms with Gasteiger partial charge >= 0.3 is 0 Å². The van der Waals surface area contributed by atoms with Gasteiger partial charge < -0.3 is 9.64 Å². The molecule has 3 rings (SSSR count). The Bertz CT molecular complexity index is 1080. The van der Waals surface area contributed by atoms with Crippen LogP contribution in [-0.2, 0) is 0 Å². The lowest BCUT2D eigenvalue weighted by atomic mass is 10.1. The van der Waals surface area contributed by atoms with Crippen LogP contribution in [0.3, 0.4) is 0 Å². The predicted octanol–water partition coefficient (Wildman–Crippen LogP) is 6.01. The lowest BCUT2D eigenvalue weighted by molar-refractivity contribution is 0.491. The number of aromatic nitrogens is 1. The molecule has 148 valence electrons. The normalized spacial score (nSPS) is 10.9. The molecule has 3 aromatic rings. The third-order valence-electron chi connectivity index (χ3n) is 4.69. The molecule has 0 amide bonds. The maximum Gasteiger partial charge on any atom is 0.218 e. The fraction of sp³-hybridized carbons (Fsp3) is 0.261. The van der Waals surface area contributed by atoms with Crippen molar-refractivity contribution in [2.24, 2.45) is 4.99 Å². The molecule has 0 bridgehead atoms. The van der Waals surface area contributed by atoms with Gasteiger partial charge in [-0.25, -0.2) is 4.99 Å². The Balaban J connectivity index is 1.91. The Hall–Kier alpha value is -3.17. The molecule has 0 N–H and O–H groups in total. The van der Waals surface area contributed by atoms with Crippen LogP contribution in [0.25, 0.3) is 11.3 Å². The van der Waals surface area contributed by atoms with Gasteiger partial charge in [0.2, 0.25) is 5.06 Å². The number of rotatable bonds is 6. The van der Waals surface area contributed by atoms with E-state index in [1.165, 1.54) is 11.5 Å². The van der Waals surface area contributed by atoms with Crippen LogP contribution < -0.4 is 4.74 Å². The Kier molecular flexibility index (Phi) is 6.30. The summed E-state index contributed by atoms with van der Waals surface area (Å²) in [6, 6.07) is 14.2. The number of benzene rings is 2. The van der Waals surface area contributed by atoms with Crippen molar-refractivity contribution in [2.75, 3.05) is 13.6 Å². The Morgan fingerprint density at radius 2 is 1.90 bits per heavy atom. The minimum atomic E-state index is 0.461. The van der Waals surface area contributed by atoms with Crippen molar-refractivity contribution in [3.8, 4) is 28.1 Å². The van der Waals surface area contributed by atoms with Crippen LogP contribution in [0.4, 0.5) is 5.69 Å². The Morgan fingerprint density at radius 3 is 2.55 bits per heavy atom. The zero-order valence-corrected chi connectivity index (χ0v) is 18.2. The van der Waals surface area contributed by atoms with Gasteiger partial charge in [-0.15, -0.1) is 0 Å². The molecular weight excluding hydrogens is 380 g/mol. The van der Waals surface area contributed by atoms with Crippen molar-refractivity contribution < 1.29 is 4.74 Å². The first-order chi connectivity index (χ1) is 13.9. The molecule has 1 aromatic heterocycles. The number of hydrogen-bond donors (Lipinski definition) is 0. The highest BCUT2D eigenvalue weighted by molar-refractivity contribution is 7.08. The maximum absolute atomic E-state index is 9.71. The van der Waals surface area contributed by atoms with Crippen molar-refractivity contribution in [1.82, 2.24) is 9.27 Å². The van der Waals surface area contributed by atoms with E-state index < -0.39 is 0 Å². The second kappa shape index (κ2) is 8.89. The van der Waals surface area contributed by atoms with Gasteiger partial charge in [-0.1, -0.05) is 29.8 Å². The zero-order chi connectivity index (χ0) is 21.0. The first kappa shape index (κ1) is 20.6. The fourth-order valence-electron chi connectivity index (χ4n) is 2.72. The van der Waals surface area contributed by atoms with Crippen LogP contribution in [0, 0.1) is 32.1 Å². The molecule has 0 saturated carbocycles. The molecule has 0 unspecified atom stereocenters. The summed E-state index contributed by atoms with van der Waals surface area (Å²) in [5, 5.41) is 10.2. The van der Waals surface area contributed by atoms with Gasteiger partial charge in [0.15, 0.2) is 0 Å². The van der Waals surface area contributed by atoms with E-state index in [2.05, 4.69) is 22.4 Å². The number of nitriles is 1. The molecule has 0 radical (unpaired) electrons. The van der Waals surface area contributed by atoms with Crippen LogP contribution in [0.1, 0.15) is 29.2 Å². The second-order valence-electron chi connectivity index (χ2n) is 7.00. The third-order valence-corrected chi connectivity index (χ3v) is 5.41. The number of nitrogens with zero attached hydrogens (tertiary/aromatic N) is 4. The van der Waals surface area contributed by atoms with Gasteiger partial charge in [0, 0.05) is 30.7 Å². The largest absolute Gasteiger partial charge is 0.443 e. The molecular formula is C23H24N4OS. The minimum Gasteiger partial charge on any atom is -0.443 e. The summed E-state index contributed by atoms with van der Waals surface area (Å²) in [4.78, 5) is 6.57. The van der Waals surface area contributed by atoms with Gasteiger partial charge in [-0.05, 0) is 51.0 Å². The molecule has 0 aliphatic carbocycles. The van der Waals surface area contributed by atoms with E-state index in [0.717, 1.165) is 34.5 Å². The fourth-order valence-corrected chi connectivity index (χ4v) is 3.45. The molecule has 0 aliphatic rings. The Morgan fingerprint density at radius 1 is 1.17 bits per heavy atom. The maximum atomic E-state index is 9.71. The van der Waals surface area contributed by atoms with E-state index in [9.17, 15) is 5.26 Å². The van der Waals surface area contributed by atoms with E-state index in [1.54, 1.807) is 0 Å². The minimum absolute atomic E-state index is 0.461. The molecule has 0 atom stereocenters. The molecule has 5 nitrogen and oxygen atoms in total. The van der Waals surface area contributed by atoms with E-state index in [0.29, 0.717) is 22.1 Å². The first-order valence-corrected chi connectivity index (χ1v) is 10.2. The van der Waals surface area contributed by atoms with Gasteiger partial charge in [0.25, 0.3) is 0 Å². The van der Waals surface area contributed by atoms with E-state index in [4.69, 9.17) is 4.74 Å². The molecule has 0 saturated heterocycles. The van der Waals surface area contributed by atoms with Crippen LogP contribution in [0.5, 0.6) is 10.8 Å². The van der Waals surface area contributed by atoms with Crippen molar-refractivity contribution in [3.05, 3.63) is 58.7 Å². The van der Waals surface area contributed by atoms with Crippen molar-refractivity contribution in [1.29, 1.82) is 5.26 Å². The van der Waals surface area contributed by atoms with E-state index in [-0.39, 0.29) is 0 Å². The van der Waals surface area contributed by atoms with Gasteiger partial charge in [-0.2, -0.15) is 9.64 Å². The van der Waals surface area contributed by atoms with Crippen LogP contribution in [0.15, 0.2) is 41.4 Å². The quantitative estimate of drug-likeness (QED) is 0.373. The average molecular weight is 405 g/mol. The van der Waals surface area contributed by atoms with Gasteiger partial charge in [0.1, 0.15) is 23.1 Å². The van der Waals surface area contributed by atoms with E-state index in [1.807, 2.05) is 75.5 Å². The third kappa shape index (κ3) is 4.64. The highest BCUT2D eigenvalue weighted by atomic mass is 32.1.